The Kier molecular flexibility index (Phi) is 4.53. The average molecular weight is 276 g/mol. The molecule has 1 aliphatic rings. The number of rotatable bonds is 6. The molecule has 0 radical (unpaired) electrons. The van der Waals surface area contributed by atoms with Gasteiger partial charge in [0.1, 0.15) is 0 Å². The zero-order chi connectivity index (χ0) is 13.8. The number of thiocarbonyl (C=S) groups is 1. The maximum absolute atomic E-state index is 11.9. The van der Waals surface area contributed by atoms with Gasteiger partial charge in [0.15, 0.2) is 0 Å². The van der Waals surface area contributed by atoms with E-state index in [0.29, 0.717) is 17.3 Å². The van der Waals surface area contributed by atoms with Crippen molar-refractivity contribution < 1.29 is 4.79 Å². The summed E-state index contributed by atoms with van der Waals surface area (Å²) < 4.78 is 0. The summed E-state index contributed by atoms with van der Waals surface area (Å²) in [7, 11) is 0. The first-order valence-electron chi connectivity index (χ1n) is 6.71. The van der Waals surface area contributed by atoms with E-state index in [1.807, 2.05) is 12.1 Å². The van der Waals surface area contributed by atoms with Gasteiger partial charge in [0.25, 0.3) is 0 Å². The van der Waals surface area contributed by atoms with Gasteiger partial charge in [-0.3, -0.25) is 4.79 Å². The van der Waals surface area contributed by atoms with Crippen LogP contribution < -0.4 is 11.1 Å². The average Bonchev–Trinajstić information content (AvgIpc) is 3.19. The molecule has 1 aromatic rings. The molecule has 4 heteroatoms. The Bertz CT molecular complexity index is 483. The first kappa shape index (κ1) is 14.0. The summed E-state index contributed by atoms with van der Waals surface area (Å²) in [4.78, 5) is 12.4. The number of benzene rings is 1. The smallest absolute Gasteiger partial charge is 0.220 e. The van der Waals surface area contributed by atoms with E-state index in [-0.39, 0.29) is 11.9 Å². The maximum Gasteiger partial charge on any atom is 0.220 e. The summed E-state index contributed by atoms with van der Waals surface area (Å²) in [6.07, 6.45) is 3.46. The Labute approximate surface area is 119 Å². The van der Waals surface area contributed by atoms with Crippen molar-refractivity contribution in [1.29, 1.82) is 0 Å². The van der Waals surface area contributed by atoms with Crippen LogP contribution in [0.1, 0.15) is 30.4 Å². The van der Waals surface area contributed by atoms with Gasteiger partial charge >= 0.3 is 0 Å². The minimum atomic E-state index is -0.112. The molecular formula is C15H20N2OS. The van der Waals surface area contributed by atoms with E-state index in [2.05, 4.69) is 24.4 Å². The van der Waals surface area contributed by atoms with Crippen molar-refractivity contribution >= 4 is 23.1 Å². The second-order valence-corrected chi connectivity index (χ2v) is 5.68. The van der Waals surface area contributed by atoms with Crippen LogP contribution in [-0.2, 0) is 11.2 Å². The van der Waals surface area contributed by atoms with E-state index >= 15 is 0 Å². The van der Waals surface area contributed by atoms with E-state index in [0.717, 1.165) is 19.3 Å². The van der Waals surface area contributed by atoms with Gasteiger partial charge in [-0.15, -0.1) is 0 Å². The quantitative estimate of drug-likeness (QED) is 0.782. The van der Waals surface area contributed by atoms with E-state index in [1.165, 1.54) is 11.1 Å². The van der Waals surface area contributed by atoms with Crippen LogP contribution in [0.5, 0.6) is 0 Å². The van der Waals surface area contributed by atoms with Crippen LogP contribution in [0.3, 0.4) is 0 Å². The van der Waals surface area contributed by atoms with Crippen LogP contribution in [0, 0.1) is 12.8 Å². The predicted octanol–water partition coefficient (Wildman–Crippen LogP) is 2.11. The zero-order valence-electron chi connectivity index (χ0n) is 11.2. The van der Waals surface area contributed by atoms with Crippen molar-refractivity contribution in [2.24, 2.45) is 11.7 Å². The second-order valence-electron chi connectivity index (χ2n) is 5.21. The van der Waals surface area contributed by atoms with Crippen LogP contribution in [0.25, 0.3) is 0 Å². The molecule has 3 N–H and O–H groups in total. The topological polar surface area (TPSA) is 55.1 Å². The predicted molar refractivity (Wildman–Crippen MR) is 80.9 cm³/mol. The van der Waals surface area contributed by atoms with E-state index in [9.17, 15) is 4.79 Å². The molecule has 1 saturated carbocycles. The fraction of sp³-hybridized carbons (Fsp3) is 0.467. The van der Waals surface area contributed by atoms with Crippen LogP contribution in [0.15, 0.2) is 24.3 Å². The molecule has 3 nitrogen and oxygen atoms in total. The minimum Gasteiger partial charge on any atom is -0.392 e. The fourth-order valence-electron chi connectivity index (χ4n) is 2.24. The molecule has 1 aliphatic carbocycles. The molecule has 1 atom stereocenters. The molecule has 2 rings (SSSR count). The highest BCUT2D eigenvalue weighted by atomic mass is 32.1. The second kappa shape index (κ2) is 6.15. The van der Waals surface area contributed by atoms with Crippen molar-refractivity contribution in [2.75, 3.05) is 0 Å². The lowest BCUT2D eigenvalue weighted by molar-refractivity contribution is -0.121. The summed E-state index contributed by atoms with van der Waals surface area (Å²) >= 11 is 5.01. The van der Waals surface area contributed by atoms with Gasteiger partial charge in [0, 0.05) is 6.42 Å². The Morgan fingerprint density at radius 2 is 2.16 bits per heavy atom. The molecule has 1 aromatic carbocycles. The number of nitrogens with two attached hydrogens (primary N) is 1. The number of amides is 1. The molecule has 0 aromatic heterocycles. The molecule has 0 bridgehead atoms. The number of aryl methyl sites for hydroxylation is 2. The Morgan fingerprint density at radius 3 is 2.74 bits per heavy atom. The van der Waals surface area contributed by atoms with Gasteiger partial charge in [0.05, 0.1) is 11.0 Å². The summed E-state index contributed by atoms with van der Waals surface area (Å²) in [5.41, 5.74) is 8.12. The molecule has 1 unspecified atom stereocenters. The van der Waals surface area contributed by atoms with Crippen molar-refractivity contribution in [1.82, 2.24) is 5.32 Å². The lowest BCUT2D eigenvalue weighted by Crippen LogP contribution is -2.45. The van der Waals surface area contributed by atoms with E-state index in [4.69, 9.17) is 18.0 Å². The number of carbonyl (C=O) groups is 1. The summed E-state index contributed by atoms with van der Waals surface area (Å²) in [5.74, 6) is 0.493. The van der Waals surface area contributed by atoms with Gasteiger partial charge in [0.2, 0.25) is 5.91 Å². The molecule has 1 amide bonds. The number of hydrogen-bond acceptors (Lipinski definition) is 2. The van der Waals surface area contributed by atoms with Crippen molar-refractivity contribution in [3.63, 3.8) is 0 Å². The highest BCUT2D eigenvalue weighted by molar-refractivity contribution is 7.80. The van der Waals surface area contributed by atoms with Crippen molar-refractivity contribution in [3.8, 4) is 0 Å². The lowest BCUT2D eigenvalue weighted by atomic mass is 10.0. The first-order valence-corrected chi connectivity index (χ1v) is 7.12. The molecule has 0 saturated heterocycles. The van der Waals surface area contributed by atoms with Crippen LogP contribution in [0.2, 0.25) is 0 Å². The molecule has 102 valence electrons. The molecule has 0 aliphatic heterocycles. The molecule has 19 heavy (non-hydrogen) atoms. The highest BCUT2D eigenvalue weighted by Gasteiger charge is 2.33. The lowest BCUT2D eigenvalue weighted by Gasteiger charge is -2.16. The zero-order valence-corrected chi connectivity index (χ0v) is 12.0. The van der Waals surface area contributed by atoms with Gasteiger partial charge < -0.3 is 11.1 Å². The summed E-state index contributed by atoms with van der Waals surface area (Å²) in [5, 5.41) is 2.96. The van der Waals surface area contributed by atoms with Crippen molar-refractivity contribution in [2.45, 2.75) is 38.6 Å². The third-order valence-corrected chi connectivity index (χ3v) is 3.85. The number of nitrogens with one attached hydrogen (secondary N) is 1. The Balaban J connectivity index is 1.84. The number of hydrogen-bond donors (Lipinski definition) is 2. The van der Waals surface area contributed by atoms with Gasteiger partial charge in [-0.1, -0.05) is 36.5 Å². The standard InChI is InChI=1S/C15H20N2OS/c1-10-4-2-3-5-11(10)8-9-13(18)17-14(15(16)19)12-6-7-12/h2-5,12,14H,6-9H2,1H3,(H2,16,19)(H,17,18). The molecular weight excluding hydrogens is 256 g/mol. The van der Waals surface area contributed by atoms with Crippen LogP contribution in [0.4, 0.5) is 0 Å². The Morgan fingerprint density at radius 1 is 1.47 bits per heavy atom. The fourth-order valence-corrected chi connectivity index (χ4v) is 2.49. The number of carbonyl (C=O) groups excluding carboxylic acids is 1. The normalized spacial score (nSPS) is 15.8. The SMILES string of the molecule is Cc1ccccc1CCC(=O)NC(C(N)=S)C1CC1. The monoisotopic (exact) mass is 276 g/mol. The van der Waals surface area contributed by atoms with Crippen LogP contribution >= 0.6 is 12.2 Å². The molecule has 1 fully saturated rings. The minimum absolute atomic E-state index is 0.0351. The Hall–Kier alpha value is -1.42. The summed E-state index contributed by atoms with van der Waals surface area (Å²) in [6.45, 7) is 2.06. The first-order chi connectivity index (χ1) is 9.08. The van der Waals surface area contributed by atoms with Gasteiger partial charge in [-0.25, -0.2) is 0 Å². The van der Waals surface area contributed by atoms with Gasteiger partial charge in [-0.2, -0.15) is 0 Å². The third kappa shape index (κ3) is 4.03. The van der Waals surface area contributed by atoms with Crippen LogP contribution in [-0.4, -0.2) is 16.9 Å². The summed E-state index contributed by atoms with van der Waals surface area (Å²) in [6, 6.07) is 8.03. The molecule has 0 heterocycles. The van der Waals surface area contributed by atoms with Crippen molar-refractivity contribution in [3.05, 3.63) is 35.4 Å². The van der Waals surface area contributed by atoms with E-state index in [1.54, 1.807) is 0 Å². The van der Waals surface area contributed by atoms with Gasteiger partial charge in [-0.05, 0) is 43.2 Å². The highest BCUT2D eigenvalue weighted by Crippen LogP contribution is 2.32. The molecule has 0 spiro atoms. The third-order valence-electron chi connectivity index (χ3n) is 3.60. The largest absolute Gasteiger partial charge is 0.392 e. The van der Waals surface area contributed by atoms with E-state index < -0.39 is 0 Å². The maximum atomic E-state index is 11.9.